The molecule has 0 fully saturated rings. The highest BCUT2D eigenvalue weighted by Gasteiger charge is 2.24. The van der Waals surface area contributed by atoms with Gasteiger partial charge in [0.05, 0.1) is 19.0 Å². The van der Waals surface area contributed by atoms with Crippen molar-refractivity contribution in [2.45, 2.75) is 33.7 Å². The quantitative estimate of drug-likeness (QED) is 0.826. The van der Waals surface area contributed by atoms with Gasteiger partial charge in [-0.25, -0.2) is 9.78 Å². The third-order valence-electron chi connectivity index (χ3n) is 3.34. The summed E-state index contributed by atoms with van der Waals surface area (Å²) in [6.45, 7) is 8.01. The van der Waals surface area contributed by atoms with E-state index in [4.69, 9.17) is 4.74 Å². The fourth-order valence-electron chi connectivity index (χ4n) is 2.07. The van der Waals surface area contributed by atoms with Crippen LogP contribution in [0.1, 0.15) is 60.3 Å². The summed E-state index contributed by atoms with van der Waals surface area (Å²) >= 11 is 0. The van der Waals surface area contributed by atoms with Crippen LogP contribution in [-0.2, 0) is 4.74 Å². The third kappa shape index (κ3) is 4.68. The van der Waals surface area contributed by atoms with E-state index in [-0.39, 0.29) is 29.5 Å². The Morgan fingerprint density at radius 2 is 1.92 bits per heavy atom. The Kier molecular flexibility index (Phi) is 5.39. The largest absolute Gasteiger partial charge is 0.460 e. The summed E-state index contributed by atoms with van der Waals surface area (Å²) in [4.78, 5) is 31.2. The molecule has 2 aromatic rings. The van der Waals surface area contributed by atoms with Gasteiger partial charge in [-0.15, -0.1) is 0 Å². The lowest BCUT2D eigenvalue weighted by molar-refractivity contribution is 0.0358. The maximum absolute atomic E-state index is 12.4. The summed E-state index contributed by atoms with van der Waals surface area (Å²) in [5, 5.41) is 2.84. The Morgan fingerprint density at radius 3 is 2.54 bits per heavy atom. The molecule has 1 aromatic heterocycles. The first-order valence-electron chi connectivity index (χ1n) is 7.84. The number of hydrogen-bond acceptors (Lipinski definition) is 4. The number of esters is 1. The van der Waals surface area contributed by atoms with Gasteiger partial charge in [0.15, 0.2) is 11.4 Å². The molecule has 128 valence electrons. The Labute approximate surface area is 141 Å². The van der Waals surface area contributed by atoms with E-state index in [0.717, 1.165) is 5.56 Å². The second-order valence-electron chi connectivity index (χ2n) is 6.87. The molecular formula is C18H23N3O3. The van der Waals surface area contributed by atoms with Gasteiger partial charge in [0, 0.05) is 0 Å². The molecule has 24 heavy (non-hydrogen) atoms. The highest BCUT2D eigenvalue weighted by molar-refractivity contribution is 6.02. The van der Waals surface area contributed by atoms with E-state index in [0.29, 0.717) is 0 Å². The van der Waals surface area contributed by atoms with Gasteiger partial charge in [-0.1, -0.05) is 51.1 Å². The Morgan fingerprint density at radius 1 is 1.25 bits per heavy atom. The lowest BCUT2D eigenvalue weighted by Crippen LogP contribution is -2.29. The van der Waals surface area contributed by atoms with Crippen LogP contribution in [0.25, 0.3) is 0 Å². The molecule has 1 heterocycles. The minimum atomic E-state index is -0.583. The number of aromatic amines is 1. The molecule has 1 atom stereocenters. The zero-order valence-corrected chi connectivity index (χ0v) is 14.4. The van der Waals surface area contributed by atoms with Crippen LogP contribution in [0.5, 0.6) is 0 Å². The summed E-state index contributed by atoms with van der Waals surface area (Å²) in [7, 11) is 0. The molecule has 6 heteroatoms. The van der Waals surface area contributed by atoms with E-state index in [1.807, 2.05) is 58.0 Å². The number of nitrogens with one attached hydrogen (secondary N) is 2. The molecule has 6 nitrogen and oxygen atoms in total. The predicted molar refractivity (Wildman–Crippen MR) is 90.6 cm³/mol. The van der Waals surface area contributed by atoms with Crippen molar-refractivity contribution in [3.05, 3.63) is 53.6 Å². The molecular weight excluding hydrogens is 306 g/mol. The highest BCUT2D eigenvalue weighted by Crippen LogP contribution is 2.16. The van der Waals surface area contributed by atoms with Crippen LogP contribution in [0.15, 0.2) is 36.7 Å². The summed E-state index contributed by atoms with van der Waals surface area (Å²) in [5.74, 6) is -1.00. The molecule has 0 unspecified atom stereocenters. The Hall–Kier alpha value is -2.63. The maximum Gasteiger partial charge on any atom is 0.357 e. The van der Waals surface area contributed by atoms with E-state index in [2.05, 4.69) is 15.3 Å². The first-order chi connectivity index (χ1) is 11.3. The minimum absolute atomic E-state index is 0.0386. The molecule has 0 saturated heterocycles. The van der Waals surface area contributed by atoms with Gasteiger partial charge in [-0.05, 0) is 17.9 Å². The second kappa shape index (κ2) is 7.29. The van der Waals surface area contributed by atoms with Gasteiger partial charge in [-0.3, -0.25) is 4.79 Å². The fourth-order valence-corrected chi connectivity index (χ4v) is 2.07. The Bertz CT molecular complexity index is 702. The van der Waals surface area contributed by atoms with Gasteiger partial charge in [0.1, 0.15) is 0 Å². The minimum Gasteiger partial charge on any atom is -0.460 e. The van der Waals surface area contributed by atoms with Crippen molar-refractivity contribution in [2.24, 2.45) is 5.41 Å². The van der Waals surface area contributed by atoms with Gasteiger partial charge >= 0.3 is 5.97 Å². The standard InChI is InChI=1S/C18H23N3O3/c1-12(13-8-6-5-7-9-13)21-16(22)14-15(20-11-19-14)17(23)24-10-18(2,3)4/h5-9,11-12H,10H2,1-4H3,(H,19,20)(H,21,22)/t12-/m1/s1. The molecule has 0 aliphatic rings. The van der Waals surface area contributed by atoms with Gasteiger partial charge < -0.3 is 15.0 Å². The number of hydrogen-bond donors (Lipinski definition) is 2. The number of carbonyl (C=O) groups is 2. The normalized spacial score (nSPS) is 12.5. The lowest BCUT2D eigenvalue weighted by Gasteiger charge is -2.17. The Balaban J connectivity index is 2.06. The molecule has 2 rings (SSSR count). The van der Waals surface area contributed by atoms with Gasteiger partial charge in [0.25, 0.3) is 5.91 Å². The van der Waals surface area contributed by atoms with Crippen LogP contribution in [0.4, 0.5) is 0 Å². The number of imidazole rings is 1. The molecule has 0 aliphatic heterocycles. The topological polar surface area (TPSA) is 84.1 Å². The number of amides is 1. The number of rotatable bonds is 5. The zero-order chi connectivity index (χ0) is 17.7. The van der Waals surface area contributed by atoms with Crippen LogP contribution in [-0.4, -0.2) is 28.5 Å². The number of carbonyl (C=O) groups excluding carboxylic acids is 2. The van der Waals surface area contributed by atoms with Crippen molar-refractivity contribution < 1.29 is 14.3 Å². The second-order valence-corrected chi connectivity index (χ2v) is 6.87. The van der Waals surface area contributed by atoms with Crippen molar-refractivity contribution in [3.63, 3.8) is 0 Å². The van der Waals surface area contributed by atoms with Crippen LogP contribution in [0.3, 0.4) is 0 Å². The molecule has 2 N–H and O–H groups in total. The molecule has 0 saturated carbocycles. The van der Waals surface area contributed by atoms with Crippen molar-refractivity contribution >= 4 is 11.9 Å². The molecule has 1 amide bonds. The van der Waals surface area contributed by atoms with Crippen LogP contribution in [0.2, 0.25) is 0 Å². The van der Waals surface area contributed by atoms with Crippen LogP contribution in [0, 0.1) is 5.41 Å². The number of aromatic nitrogens is 2. The summed E-state index contributed by atoms with van der Waals surface area (Å²) < 4.78 is 5.24. The molecule has 1 aromatic carbocycles. The van der Waals surface area contributed by atoms with Gasteiger partial charge in [-0.2, -0.15) is 0 Å². The van der Waals surface area contributed by atoms with E-state index in [1.165, 1.54) is 6.33 Å². The summed E-state index contributed by atoms with van der Waals surface area (Å²) in [6, 6.07) is 9.37. The predicted octanol–water partition coefficient (Wildman–Crippen LogP) is 3.10. The van der Waals surface area contributed by atoms with Crippen LogP contribution >= 0.6 is 0 Å². The van der Waals surface area contributed by atoms with Crippen LogP contribution < -0.4 is 5.32 Å². The number of benzene rings is 1. The number of nitrogens with zero attached hydrogens (tertiary/aromatic N) is 1. The van der Waals surface area contributed by atoms with E-state index >= 15 is 0 Å². The third-order valence-corrected chi connectivity index (χ3v) is 3.34. The molecule has 0 bridgehead atoms. The van der Waals surface area contributed by atoms with E-state index in [1.54, 1.807) is 0 Å². The highest BCUT2D eigenvalue weighted by atomic mass is 16.5. The molecule has 0 spiro atoms. The number of ether oxygens (including phenoxy) is 1. The molecule has 0 aliphatic carbocycles. The molecule has 0 radical (unpaired) electrons. The van der Waals surface area contributed by atoms with E-state index in [9.17, 15) is 9.59 Å². The first kappa shape index (κ1) is 17.7. The van der Waals surface area contributed by atoms with E-state index < -0.39 is 11.9 Å². The smallest absolute Gasteiger partial charge is 0.357 e. The summed E-state index contributed by atoms with van der Waals surface area (Å²) in [6.07, 6.45) is 1.32. The fraction of sp³-hybridized carbons (Fsp3) is 0.389. The van der Waals surface area contributed by atoms with Crippen molar-refractivity contribution in [2.75, 3.05) is 6.61 Å². The monoisotopic (exact) mass is 329 g/mol. The zero-order valence-electron chi connectivity index (χ0n) is 14.4. The van der Waals surface area contributed by atoms with Crippen molar-refractivity contribution in [1.82, 2.24) is 15.3 Å². The van der Waals surface area contributed by atoms with Crippen molar-refractivity contribution in [1.29, 1.82) is 0 Å². The maximum atomic E-state index is 12.4. The lowest BCUT2D eigenvalue weighted by atomic mass is 9.99. The number of H-pyrrole nitrogens is 1. The average molecular weight is 329 g/mol. The average Bonchev–Trinajstić information content (AvgIpc) is 3.02. The summed E-state index contributed by atoms with van der Waals surface area (Å²) in [5.41, 5.74) is 0.923. The first-order valence-corrected chi connectivity index (χ1v) is 7.84. The van der Waals surface area contributed by atoms with Gasteiger partial charge in [0.2, 0.25) is 0 Å². The van der Waals surface area contributed by atoms with Crippen molar-refractivity contribution in [3.8, 4) is 0 Å². The SMILES string of the molecule is C[C@@H](NC(=O)c1nc[nH]c1C(=O)OCC(C)(C)C)c1ccccc1.